The van der Waals surface area contributed by atoms with Gasteiger partial charge in [0.05, 0.1) is 0 Å². The van der Waals surface area contributed by atoms with Gasteiger partial charge >= 0.3 is 17.9 Å². The normalized spacial score (nSPS) is 12.9. The average Bonchev–Trinajstić information content (AvgIpc) is 3.44. The predicted molar refractivity (Wildman–Crippen MR) is 339 cm³/mol. The lowest BCUT2D eigenvalue weighted by molar-refractivity contribution is -0.167. The topological polar surface area (TPSA) is 78.9 Å². The molecule has 0 aromatic rings. The van der Waals surface area contributed by atoms with Crippen molar-refractivity contribution in [2.45, 2.75) is 303 Å². The first-order chi connectivity index (χ1) is 38.5. The van der Waals surface area contributed by atoms with E-state index in [9.17, 15) is 14.4 Å². The molecule has 0 aromatic carbocycles. The number of esters is 3. The lowest BCUT2D eigenvalue weighted by Gasteiger charge is -2.18. The second kappa shape index (κ2) is 65.3. The van der Waals surface area contributed by atoms with Crippen LogP contribution >= 0.6 is 0 Å². The van der Waals surface area contributed by atoms with Crippen molar-refractivity contribution in [2.75, 3.05) is 13.2 Å². The van der Waals surface area contributed by atoms with Gasteiger partial charge < -0.3 is 14.2 Å². The molecular weight excluding hydrogens is 961 g/mol. The second-order valence-electron chi connectivity index (χ2n) is 21.3. The van der Waals surface area contributed by atoms with Crippen LogP contribution in [0, 0.1) is 0 Å². The third-order valence-electron chi connectivity index (χ3n) is 13.7. The maximum absolute atomic E-state index is 12.9. The van der Waals surface area contributed by atoms with Crippen LogP contribution in [-0.4, -0.2) is 37.2 Å². The summed E-state index contributed by atoms with van der Waals surface area (Å²) < 4.78 is 16.9. The second-order valence-corrected chi connectivity index (χ2v) is 21.3. The van der Waals surface area contributed by atoms with Gasteiger partial charge in [0.1, 0.15) is 13.2 Å². The number of rotatable bonds is 58. The Balaban J connectivity index is 4.26. The molecule has 6 heteroatoms. The highest BCUT2D eigenvalue weighted by Gasteiger charge is 2.19. The monoisotopic (exact) mass is 1080 g/mol. The van der Waals surface area contributed by atoms with Crippen molar-refractivity contribution in [1.29, 1.82) is 0 Å². The number of ether oxygens (including phenoxy) is 3. The standard InChI is InChI=1S/C72H120O6/c1-4-7-10-13-16-19-22-24-26-28-30-32-34-36-38-40-42-44-46-48-50-53-56-59-62-65-71(74)77-68-69(67-76-70(73)64-61-58-55-52-21-18-15-12-9-6-3)78-72(75)66-63-60-57-54-51-49-47-45-43-41-39-37-35-33-31-29-27-25-23-20-17-14-11-8-5-2/h7-8,10-12,15-17,19-20,24-27,30-33,36,38,69H,4-6,9,13-14,18,21-23,28-29,34-35,37,39-68H2,1-3H3/b10-7-,11-8-,15-12-,19-16-,20-17-,26-24-,27-25-,32-30-,33-31-,38-36-. The Morgan fingerprint density at radius 2 is 0.500 bits per heavy atom. The van der Waals surface area contributed by atoms with Crippen LogP contribution in [0.4, 0.5) is 0 Å². The summed E-state index contributed by atoms with van der Waals surface area (Å²) in [4.78, 5) is 38.3. The zero-order valence-corrected chi connectivity index (χ0v) is 50.9. The number of carbonyl (C=O) groups excluding carboxylic acids is 3. The summed E-state index contributed by atoms with van der Waals surface area (Å²) in [5, 5.41) is 0. The van der Waals surface area contributed by atoms with Crippen molar-refractivity contribution >= 4 is 17.9 Å². The summed E-state index contributed by atoms with van der Waals surface area (Å²) in [5.41, 5.74) is 0. The van der Waals surface area contributed by atoms with Crippen LogP contribution < -0.4 is 0 Å². The van der Waals surface area contributed by atoms with Crippen LogP contribution in [0.5, 0.6) is 0 Å². The largest absolute Gasteiger partial charge is 0.462 e. The van der Waals surface area contributed by atoms with Crippen molar-refractivity contribution < 1.29 is 28.6 Å². The molecule has 78 heavy (non-hydrogen) atoms. The maximum Gasteiger partial charge on any atom is 0.306 e. The fourth-order valence-corrected chi connectivity index (χ4v) is 8.88. The van der Waals surface area contributed by atoms with E-state index >= 15 is 0 Å². The average molecular weight is 1080 g/mol. The lowest BCUT2D eigenvalue weighted by atomic mass is 10.0. The molecule has 0 aliphatic carbocycles. The van der Waals surface area contributed by atoms with E-state index in [1.54, 1.807) is 0 Å². The number of unbranched alkanes of at least 4 members (excludes halogenated alkanes) is 27. The smallest absolute Gasteiger partial charge is 0.306 e. The Kier molecular flexibility index (Phi) is 61.8. The van der Waals surface area contributed by atoms with Crippen LogP contribution in [0.15, 0.2) is 122 Å². The molecule has 0 spiro atoms. The molecule has 6 nitrogen and oxygen atoms in total. The lowest BCUT2D eigenvalue weighted by Crippen LogP contribution is -2.30. The minimum atomic E-state index is -0.788. The zero-order valence-electron chi connectivity index (χ0n) is 50.9. The minimum absolute atomic E-state index is 0.0856. The van der Waals surface area contributed by atoms with Gasteiger partial charge in [0.15, 0.2) is 6.10 Å². The quantitative estimate of drug-likeness (QED) is 0.0261. The van der Waals surface area contributed by atoms with Gasteiger partial charge in [-0.3, -0.25) is 14.4 Å². The first kappa shape index (κ1) is 73.8. The molecule has 0 saturated heterocycles. The summed E-state index contributed by atoms with van der Waals surface area (Å²) in [7, 11) is 0. The summed E-state index contributed by atoms with van der Waals surface area (Å²) in [6, 6.07) is 0. The third-order valence-corrected chi connectivity index (χ3v) is 13.7. The first-order valence-electron chi connectivity index (χ1n) is 32.5. The molecule has 444 valence electrons. The molecule has 0 saturated carbocycles. The van der Waals surface area contributed by atoms with Crippen LogP contribution in [0.2, 0.25) is 0 Å². The fraction of sp³-hybridized carbons (Fsp3) is 0.681. The number of allylic oxidation sites excluding steroid dienone is 20. The Morgan fingerprint density at radius 3 is 0.795 bits per heavy atom. The number of hydrogen-bond donors (Lipinski definition) is 0. The highest BCUT2D eigenvalue weighted by Crippen LogP contribution is 2.16. The van der Waals surface area contributed by atoms with E-state index in [0.717, 1.165) is 141 Å². The summed E-state index contributed by atoms with van der Waals surface area (Å²) >= 11 is 0. The van der Waals surface area contributed by atoms with Gasteiger partial charge in [-0.1, -0.05) is 277 Å². The number of carbonyl (C=O) groups is 3. The predicted octanol–water partition coefficient (Wildman–Crippen LogP) is 22.4. The van der Waals surface area contributed by atoms with Gasteiger partial charge in [0.25, 0.3) is 0 Å². The third kappa shape index (κ3) is 62.7. The molecular formula is C72H120O6. The van der Waals surface area contributed by atoms with E-state index in [2.05, 4.69) is 142 Å². The van der Waals surface area contributed by atoms with Gasteiger partial charge in [-0.25, -0.2) is 0 Å². The van der Waals surface area contributed by atoms with E-state index < -0.39 is 6.10 Å². The molecule has 1 atom stereocenters. The van der Waals surface area contributed by atoms with E-state index in [0.29, 0.717) is 19.3 Å². The molecule has 0 rings (SSSR count). The van der Waals surface area contributed by atoms with Gasteiger partial charge in [-0.15, -0.1) is 0 Å². The fourth-order valence-electron chi connectivity index (χ4n) is 8.88. The molecule has 0 bridgehead atoms. The molecule has 0 N–H and O–H groups in total. The van der Waals surface area contributed by atoms with Gasteiger partial charge in [0.2, 0.25) is 0 Å². The Morgan fingerprint density at radius 1 is 0.269 bits per heavy atom. The molecule has 0 aliphatic heterocycles. The van der Waals surface area contributed by atoms with Crippen LogP contribution in [0.1, 0.15) is 297 Å². The Hall–Kier alpha value is -4.19. The van der Waals surface area contributed by atoms with Gasteiger partial charge in [-0.2, -0.15) is 0 Å². The van der Waals surface area contributed by atoms with E-state index in [-0.39, 0.29) is 31.1 Å². The van der Waals surface area contributed by atoms with Crippen LogP contribution in [0.3, 0.4) is 0 Å². The highest BCUT2D eigenvalue weighted by molar-refractivity contribution is 5.71. The number of hydrogen-bond acceptors (Lipinski definition) is 6. The molecule has 1 unspecified atom stereocenters. The Labute approximate surface area is 482 Å². The minimum Gasteiger partial charge on any atom is -0.462 e. The van der Waals surface area contributed by atoms with Crippen molar-refractivity contribution in [3.63, 3.8) is 0 Å². The molecule has 0 aromatic heterocycles. The van der Waals surface area contributed by atoms with Gasteiger partial charge in [0, 0.05) is 19.3 Å². The van der Waals surface area contributed by atoms with E-state index in [4.69, 9.17) is 14.2 Å². The maximum atomic E-state index is 12.9. The first-order valence-corrected chi connectivity index (χ1v) is 32.5. The molecule has 0 aliphatic rings. The van der Waals surface area contributed by atoms with E-state index in [1.807, 2.05) is 0 Å². The van der Waals surface area contributed by atoms with Crippen molar-refractivity contribution in [3.8, 4) is 0 Å². The van der Waals surface area contributed by atoms with Crippen molar-refractivity contribution in [2.24, 2.45) is 0 Å². The van der Waals surface area contributed by atoms with Crippen molar-refractivity contribution in [1.82, 2.24) is 0 Å². The summed E-state index contributed by atoms with van der Waals surface area (Å²) in [5.74, 6) is -0.899. The Bertz CT molecular complexity index is 1620. The van der Waals surface area contributed by atoms with Crippen molar-refractivity contribution in [3.05, 3.63) is 122 Å². The SMILES string of the molecule is CC/C=C\C/C=C\C/C=C\C/C=C\C/C=C\CCCCCCCCCCCC(=O)OCC(COC(=O)CCCCCCC/C=C\CCC)OC(=O)CCCCCCCCCCCCCC/C=C\C/C=C\C/C=C\C/C=C\CC. The molecule has 0 fully saturated rings. The van der Waals surface area contributed by atoms with Crippen LogP contribution in [0.25, 0.3) is 0 Å². The van der Waals surface area contributed by atoms with E-state index in [1.165, 1.54) is 116 Å². The zero-order chi connectivity index (χ0) is 56.4. The van der Waals surface area contributed by atoms with Gasteiger partial charge in [-0.05, 0) is 122 Å². The highest BCUT2D eigenvalue weighted by atomic mass is 16.6. The molecule has 0 amide bonds. The molecule has 0 heterocycles. The molecule has 0 radical (unpaired) electrons. The van der Waals surface area contributed by atoms with Crippen LogP contribution in [-0.2, 0) is 28.6 Å². The summed E-state index contributed by atoms with van der Waals surface area (Å²) in [6.45, 7) is 6.36. The summed E-state index contributed by atoms with van der Waals surface area (Å²) in [6.07, 6.45) is 90.7.